The van der Waals surface area contributed by atoms with Crippen LogP contribution in [0.15, 0.2) is 237 Å². The maximum atomic E-state index is 7.77. The fourth-order valence-corrected chi connectivity index (χ4v) is 8.74. The van der Waals surface area contributed by atoms with Crippen LogP contribution in [-0.2, 0) is 0 Å². The number of nitrogens with two attached hydrogens (primary N) is 2. The zero-order valence-electron chi connectivity index (χ0n) is 35.2. The molecule has 0 bridgehead atoms. The molecule has 1 heterocycles. The van der Waals surface area contributed by atoms with E-state index in [2.05, 4.69) is 164 Å². The van der Waals surface area contributed by atoms with Gasteiger partial charge in [0.15, 0.2) is 17.5 Å². The van der Waals surface area contributed by atoms with Crippen molar-refractivity contribution in [3.63, 3.8) is 0 Å². The molecule has 0 spiro atoms. The minimum absolute atomic E-state index is 0.245. The van der Waals surface area contributed by atoms with E-state index in [1.807, 2.05) is 72.8 Å². The van der Waals surface area contributed by atoms with Crippen molar-refractivity contribution >= 4 is 57.6 Å². The first-order chi connectivity index (χ1) is 31.6. The highest BCUT2D eigenvalue weighted by molar-refractivity contribution is 6.99. The van der Waals surface area contributed by atoms with Crippen LogP contribution in [0.25, 0.3) is 56.4 Å². The number of rotatable bonds is 11. The largest absolute Gasteiger partial charge is 0.400 e. The van der Waals surface area contributed by atoms with Gasteiger partial charge in [-0.05, 0) is 45.3 Å². The topological polar surface area (TPSA) is 90.7 Å². The third-order valence-corrected chi connectivity index (χ3v) is 11.9. The van der Waals surface area contributed by atoms with Gasteiger partial charge in [0, 0.05) is 28.1 Å². The van der Waals surface area contributed by atoms with Crippen LogP contribution in [0.3, 0.4) is 0 Å². The zero-order valence-corrected chi connectivity index (χ0v) is 35.2. The van der Waals surface area contributed by atoms with Crippen molar-refractivity contribution in [1.29, 1.82) is 0 Å². The minimum atomic E-state index is -0.260. The van der Waals surface area contributed by atoms with Crippen LogP contribution in [0.4, 0.5) is 11.4 Å². The van der Waals surface area contributed by atoms with Crippen LogP contribution < -0.4 is 44.2 Å². The lowest BCUT2D eigenvalue weighted by atomic mass is 9.32. The van der Waals surface area contributed by atoms with Crippen LogP contribution in [0.5, 0.6) is 0 Å². The Kier molecular flexibility index (Phi) is 11.2. The third kappa shape index (κ3) is 8.35. The molecule has 0 amide bonds. The molecule has 64 heavy (non-hydrogen) atoms. The number of anilines is 2. The lowest BCUT2D eigenvalue weighted by Crippen LogP contribution is -2.58. The van der Waals surface area contributed by atoms with Crippen molar-refractivity contribution in [2.45, 2.75) is 0 Å². The maximum absolute atomic E-state index is 7.77. The Hall–Kier alpha value is -8.28. The number of nitrogen functional groups attached to an aromatic ring is 2. The molecule has 10 aromatic rings. The number of nitrogens with zero attached hydrogens (tertiary/aromatic N) is 3. The normalized spacial score (nSPS) is 10.9. The molecule has 0 fully saturated rings. The average molecular weight is 820 g/mol. The summed E-state index contributed by atoms with van der Waals surface area (Å²) in [6.07, 6.45) is 0. The van der Waals surface area contributed by atoms with E-state index in [0.717, 1.165) is 77.4 Å². The first-order valence-corrected chi connectivity index (χ1v) is 21.6. The van der Waals surface area contributed by atoms with Crippen LogP contribution in [0, 0.1) is 0 Å². The molecule has 10 rings (SSSR count). The van der Waals surface area contributed by atoms with Crippen molar-refractivity contribution in [2.75, 3.05) is 11.5 Å². The molecule has 0 aliphatic rings. The molecule has 0 atom stereocenters. The molecule has 302 valence electrons. The smallest absolute Gasteiger partial charge is 0.243 e. The summed E-state index contributed by atoms with van der Waals surface area (Å²) < 4.78 is 0. The highest BCUT2D eigenvalue weighted by atomic mass is 15.0. The van der Waals surface area contributed by atoms with Crippen molar-refractivity contribution in [3.05, 3.63) is 237 Å². The van der Waals surface area contributed by atoms with Crippen molar-refractivity contribution < 1.29 is 0 Å². The minimum Gasteiger partial charge on any atom is -0.400 e. The highest BCUT2D eigenvalue weighted by Crippen LogP contribution is 2.26. The zero-order chi connectivity index (χ0) is 43.2. The maximum Gasteiger partial charge on any atom is 0.243 e. The van der Waals surface area contributed by atoms with E-state index >= 15 is 0 Å². The summed E-state index contributed by atoms with van der Waals surface area (Å²) in [6, 6.07) is 82.1. The lowest BCUT2D eigenvalue weighted by molar-refractivity contribution is 1.07. The van der Waals surface area contributed by atoms with Crippen molar-refractivity contribution in [2.24, 2.45) is 0 Å². The van der Waals surface area contributed by atoms with Gasteiger partial charge < -0.3 is 11.5 Å². The molecule has 1 aromatic heterocycles. The molecule has 5 nitrogen and oxygen atoms in total. The number of benzene rings is 9. The second-order valence-corrected chi connectivity index (χ2v) is 16.0. The van der Waals surface area contributed by atoms with E-state index in [1.54, 1.807) is 0 Å². The summed E-state index contributed by atoms with van der Waals surface area (Å²) in [6.45, 7) is -0.505. The second-order valence-electron chi connectivity index (χ2n) is 16.0. The van der Waals surface area contributed by atoms with Crippen LogP contribution in [0.1, 0.15) is 0 Å². The molecule has 7 heteroatoms. The molecule has 0 saturated heterocycles. The van der Waals surface area contributed by atoms with Crippen molar-refractivity contribution in [3.8, 4) is 56.4 Å². The van der Waals surface area contributed by atoms with E-state index < -0.39 is 0 Å². The average Bonchev–Trinajstić information content (AvgIpc) is 3.37. The van der Waals surface area contributed by atoms with Crippen molar-refractivity contribution in [1.82, 2.24) is 15.0 Å². The summed E-state index contributed by atoms with van der Waals surface area (Å²) in [5.41, 5.74) is 28.8. The van der Waals surface area contributed by atoms with Gasteiger partial charge in [-0.25, -0.2) is 15.0 Å². The van der Waals surface area contributed by atoms with E-state index in [-0.39, 0.29) is 13.4 Å². The van der Waals surface area contributed by atoms with Gasteiger partial charge in [0.25, 0.3) is 0 Å². The Bertz CT molecular complexity index is 3110. The SMILES string of the molecule is Nc1ccc(-c2cccc(B(c3ccccc3)c3cc(-c4nc(-c5ccccc5)nc(-c5ccccc5)n4)cc(B(c4ccccc4)c4cccc(-c5ccccc5)c4)c3N)c2)cc1. The number of hydrogen-bond donors (Lipinski definition) is 2. The van der Waals surface area contributed by atoms with Gasteiger partial charge in [-0.2, -0.15) is 0 Å². The molecule has 0 radical (unpaired) electrons. The van der Waals surface area contributed by atoms with Gasteiger partial charge in [0.1, 0.15) is 0 Å². The third-order valence-electron chi connectivity index (χ3n) is 11.9. The van der Waals surface area contributed by atoms with Gasteiger partial charge in [0.05, 0.1) is 0 Å². The first-order valence-electron chi connectivity index (χ1n) is 21.6. The van der Waals surface area contributed by atoms with Crippen LogP contribution in [0.2, 0.25) is 0 Å². The second kappa shape index (κ2) is 18.0. The van der Waals surface area contributed by atoms with Gasteiger partial charge in [0.2, 0.25) is 13.4 Å². The summed E-state index contributed by atoms with van der Waals surface area (Å²) in [7, 11) is 0. The molecule has 4 N–H and O–H groups in total. The quantitative estimate of drug-likeness (QED) is 0.101. The molecular weight excluding hydrogens is 776 g/mol. The van der Waals surface area contributed by atoms with E-state index in [0.29, 0.717) is 23.2 Å². The van der Waals surface area contributed by atoms with Crippen LogP contribution >= 0.6 is 0 Å². The molecular formula is C57H43B2N5. The molecule has 0 saturated carbocycles. The Morgan fingerprint density at radius 2 is 0.594 bits per heavy atom. The Balaban J connectivity index is 1.26. The van der Waals surface area contributed by atoms with E-state index in [1.165, 1.54) is 0 Å². The first kappa shape index (κ1) is 39.8. The van der Waals surface area contributed by atoms with Gasteiger partial charge in [-0.1, -0.05) is 246 Å². The fourth-order valence-electron chi connectivity index (χ4n) is 8.74. The Morgan fingerprint density at radius 1 is 0.266 bits per heavy atom. The molecule has 0 aliphatic carbocycles. The van der Waals surface area contributed by atoms with Gasteiger partial charge >= 0.3 is 0 Å². The fraction of sp³-hybridized carbons (Fsp3) is 0. The monoisotopic (exact) mass is 819 g/mol. The van der Waals surface area contributed by atoms with Gasteiger partial charge in [-0.3, -0.25) is 0 Å². The number of aromatic nitrogens is 3. The Morgan fingerprint density at radius 3 is 1.02 bits per heavy atom. The summed E-state index contributed by atoms with van der Waals surface area (Å²) in [5, 5.41) is 0. The summed E-state index contributed by atoms with van der Waals surface area (Å²) >= 11 is 0. The lowest BCUT2D eigenvalue weighted by Gasteiger charge is -2.25. The molecule has 0 aliphatic heterocycles. The van der Waals surface area contributed by atoms with E-state index in [4.69, 9.17) is 26.4 Å². The predicted octanol–water partition coefficient (Wildman–Crippen LogP) is 8.40. The number of hydrogen-bond acceptors (Lipinski definition) is 5. The van der Waals surface area contributed by atoms with Crippen LogP contribution in [-0.4, -0.2) is 28.4 Å². The predicted molar refractivity (Wildman–Crippen MR) is 271 cm³/mol. The highest BCUT2D eigenvalue weighted by Gasteiger charge is 2.32. The molecule has 9 aromatic carbocycles. The van der Waals surface area contributed by atoms with E-state index in [9.17, 15) is 0 Å². The van der Waals surface area contributed by atoms with Gasteiger partial charge in [-0.15, -0.1) is 0 Å². The summed E-state index contributed by atoms with van der Waals surface area (Å²) in [5.74, 6) is 1.74. The Labute approximate surface area is 375 Å². The standard InChI is InChI=1S/C57H43B2N5/c60-51-34-32-41(33-35-51)45-25-17-31-50(37-45)59(48-28-14-5-15-29-48)53-39-46(57-63-55(42-20-8-2-9-21-42)62-56(64-57)43-22-10-3-11-23-43)38-52(54(53)61)58(47-26-12-4-13-27-47)49-30-16-24-44(36-49)40-18-6-1-7-19-40/h1-39H,60-61H2. The summed E-state index contributed by atoms with van der Waals surface area (Å²) in [4.78, 5) is 15.6. The molecule has 0 unspecified atom stereocenters.